The van der Waals surface area contributed by atoms with E-state index in [1.807, 2.05) is 7.05 Å². The van der Waals surface area contributed by atoms with Gasteiger partial charge >= 0.3 is 5.97 Å². The summed E-state index contributed by atoms with van der Waals surface area (Å²) in [6.07, 6.45) is 6.70. The molecular weight excluding hydrogens is 453 g/mol. The van der Waals surface area contributed by atoms with Gasteiger partial charge in [-0.1, -0.05) is 43.2 Å². The van der Waals surface area contributed by atoms with E-state index in [0.717, 1.165) is 38.4 Å². The number of esters is 1. The van der Waals surface area contributed by atoms with Crippen molar-refractivity contribution in [1.82, 2.24) is 10.2 Å². The van der Waals surface area contributed by atoms with E-state index in [1.165, 1.54) is 38.4 Å². The van der Waals surface area contributed by atoms with Gasteiger partial charge in [-0.2, -0.15) is 0 Å². The molecular formula is C21H32IN3O2. The minimum absolute atomic E-state index is 0. The fraction of sp³-hybridized carbons (Fsp3) is 0.619. The van der Waals surface area contributed by atoms with Crippen LogP contribution in [0.2, 0.25) is 0 Å². The Balaban J connectivity index is 0.00000261. The molecule has 6 heteroatoms. The normalized spacial score (nSPS) is 20.1. The van der Waals surface area contributed by atoms with Crippen LogP contribution in [-0.2, 0) is 14.9 Å². The van der Waals surface area contributed by atoms with Crippen molar-refractivity contribution in [2.45, 2.75) is 43.9 Å². The second-order valence-electron chi connectivity index (χ2n) is 7.54. The Morgan fingerprint density at radius 2 is 1.85 bits per heavy atom. The lowest BCUT2D eigenvalue weighted by Crippen LogP contribution is -2.49. The van der Waals surface area contributed by atoms with Gasteiger partial charge in [-0.05, 0) is 31.2 Å². The third kappa shape index (κ3) is 5.15. The minimum atomic E-state index is -0.0819. The lowest BCUT2D eigenvalue weighted by atomic mass is 9.79. The van der Waals surface area contributed by atoms with E-state index in [-0.39, 0.29) is 41.3 Å². The number of halogens is 1. The molecule has 0 bridgehead atoms. The Morgan fingerprint density at radius 1 is 1.22 bits per heavy atom. The number of hydrogen-bond donors (Lipinski definition) is 1. The summed E-state index contributed by atoms with van der Waals surface area (Å²) >= 11 is 0. The monoisotopic (exact) mass is 485 g/mol. The second kappa shape index (κ2) is 10.3. The van der Waals surface area contributed by atoms with E-state index in [1.54, 1.807) is 0 Å². The molecule has 1 saturated carbocycles. The summed E-state index contributed by atoms with van der Waals surface area (Å²) in [5, 5.41) is 3.64. The number of carbonyl (C=O) groups is 1. The summed E-state index contributed by atoms with van der Waals surface area (Å²) in [5.41, 5.74) is 1.64. The first-order valence-corrected chi connectivity index (χ1v) is 9.77. The smallest absolute Gasteiger partial charge is 0.308 e. The number of methoxy groups -OCH3 is 1. The summed E-state index contributed by atoms with van der Waals surface area (Å²) < 4.78 is 4.89. The van der Waals surface area contributed by atoms with E-state index in [4.69, 9.17) is 4.74 Å². The lowest BCUT2D eigenvalue weighted by Gasteiger charge is -2.36. The average Bonchev–Trinajstić information content (AvgIpc) is 3.19. The molecule has 3 rings (SSSR count). The number of rotatable bonds is 4. The van der Waals surface area contributed by atoms with Crippen LogP contribution < -0.4 is 5.32 Å². The van der Waals surface area contributed by atoms with E-state index in [9.17, 15) is 4.79 Å². The van der Waals surface area contributed by atoms with Crippen molar-refractivity contribution in [2.75, 3.05) is 33.8 Å². The van der Waals surface area contributed by atoms with Crippen molar-refractivity contribution < 1.29 is 9.53 Å². The van der Waals surface area contributed by atoms with Crippen LogP contribution in [0.15, 0.2) is 35.3 Å². The van der Waals surface area contributed by atoms with Gasteiger partial charge in [0, 0.05) is 32.1 Å². The molecule has 0 aromatic heterocycles. The van der Waals surface area contributed by atoms with Crippen molar-refractivity contribution in [3.63, 3.8) is 0 Å². The Morgan fingerprint density at radius 3 is 2.41 bits per heavy atom. The van der Waals surface area contributed by atoms with Gasteiger partial charge in [0.2, 0.25) is 0 Å². The van der Waals surface area contributed by atoms with Gasteiger partial charge in [0.25, 0.3) is 0 Å². The molecule has 0 spiro atoms. The molecule has 1 aromatic carbocycles. The summed E-state index contributed by atoms with van der Waals surface area (Å²) in [6.45, 7) is 2.61. The highest BCUT2D eigenvalue weighted by Gasteiger charge is 2.36. The number of nitrogens with zero attached hydrogens (tertiary/aromatic N) is 2. The Hall–Kier alpha value is -1.31. The van der Waals surface area contributed by atoms with Gasteiger partial charge in [-0.25, -0.2) is 0 Å². The number of likely N-dealkylation sites (tertiary alicyclic amines) is 1. The van der Waals surface area contributed by atoms with Gasteiger partial charge < -0.3 is 15.0 Å². The number of nitrogens with one attached hydrogen (secondary N) is 1. The van der Waals surface area contributed by atoms with E-state index in [0.29, 0.717) is 0 Å². The van der Waals surface area contributed by atoms with Gasteiger partial charge in [0.05, 0.1) is 13.0 Å². The van der Waals surface area contributed by atoms with Crippen LogP contribution in [0.5, 0.6) is 0 Å². The highest BCUT2D eigenvalue weighted by molar-refractivity contribution is 14.0. The van der Waals surface area contributed by atoms with Gasteiger partial charge in [-0.15, -0.1) is 24.0 Å². The fourth-order valence-corrected chi connectivity index (χ4v) is 4.49. The molecule has 1 aliphatic heterocycles. The van der Waals surface area contributed by atoms with Gasteiger partial charge in [0.1, 0.15) is 0 Å². The topological polar surface area (TPSA) is 53.9 Å². The third-order valence-corrected chi connectivity index (χ3v) is 6.07. The van der Waals surface area contributed by atoms with E-state index in [2.05, 4.69) is 45.5 Å². The second-order valence-corrected chi connectivity index (χ2v) is 7.54. The zero-order chi connectivity index (χ0) is 18.4. The van der Waals surface area contributed by atoms with Crippen LogP contribution in [0.3, 0.4) is 0 Å². The lowest BCUT2D eigenvalue weighted by molar-refractivity contribution is -0.146. The zero-order valence-electron chi connectivity index (χ0n) is 16.4. The molecule has 0 radical (unpaired) electrons. The molecule has 1 N–H and O–H groups in total. The molecule has 27 heavy (non-hydrogen) atoms. The van der Waals surface area contributed by atoms with Crippen molar-refractivity contribution in [2.24, 2.45) is 10.9 Å². The van der Waals surface area contributed by atoms with Crippen molar-refractivity contribution in [3.8, 4) is 0 Å². The Labute approximate surface area is 180 Å². The van der Waals surface area contributed by atoms with Crippen molar-refractivity contribution in [1.29, 1.82) is 0 Å². The standard InChI is InChI=1S/C21H31N3O2.HI/c1-22-20(24-14-10-17(11-15-24)19(25)26-2)23-16-21(12-6-7-13-21)18-8-4-3-5-9-18;/h3-5,8-9,17H,6-7,10-16H2,1-2H3,(H,22,23);1H. The number of aliphatic imine (C=N–C) groups is 1. The van der Waals surface area contributed by atoms with Crippen LogP contribution in [0, 0.1) is 5.92 Å². The van der Waals surface area contributed by atoms with Gasteiger partial charge in [-0.3, -0.25) is 9.79 Å². The SMILES string of the molecule is CN=C(NCC1(c2ccccc2)CCCC1)N1CCC(C(=O)OC)CC1.I. The number of benzene rings is 1. The maximum atomic E-state index is 11.7. The minimum Gasteiger partial charge on any atom is -0.469 e. The predicted octanol–water partition coefficient (Wildman–Crippen LogP) is 3.58. The van der Waals surface area contributed by atoms with Crippen LogP contribution in [0.1, 0.15) is 44.1 Å². The largest absolute Gasteiger partial charge is 0.469 e. The average molecular weight is 485 g/mol. The summed E-state index contributed by atoms with van der Waals surface area (Å²) in [6, 6.07) is 10.9. The summed E-state index contributed by atoms with van der Waals surface area (Å²) in [4.78, 5) is 18.5. The molecule has 0 atom stereocenters. The van der Waals surface area contributed by atoms with Gasteiger partial charge in [0.15, 0.2) is 5.96 Å². The Bertz CT molecular complexity index is 622. The molecule has 2 fully saturated rings. The molecule has 1 saturated heterocycles. The van der Waals surface area contributed by atoms with Crippen molar-refractivity contribution >= 4 is 35.9 Å². The molecule has 5 nitrogen and oxygen atoms in total. The van der Waals surface area contributed by atoms with E-state index < -0.39 is 0 Å². The maximum Gasteiger partial charge on any atom is 0.308 e. The summed E-state index contributed by atoms with van der Waals surface area (Å²) in [5.74, 6) is 0.900. The third-order valence-electron chi connectivity index (χ3n) is 6.07. The fourth-order valence-electron chi connectivity index (χ4n) is 4.49. The first kappa shape index (κ1) is 22.0. The van der Waals surface area contributed by atoms with Crippen LogP contribution >= 0.6 is 24.0 Å². The zero-order valence-corrected chi connectivity index (χ0v) is 18.8. The molecule has 0 unspecified atom stereocenters. The predicted molar refractivity (Wildman–Crippen MR) is 120 cm³/mol. The number of carbonyl (C=O) groups excluding carboxylic acids is 1. The first-order chi connectivity index (χ1) is 12.7. The number of piperidine rings is 1. The number of guanidine groups is 1. The molecule has 150 valence electrons. The molecule has 1 aromatic rings. The van der Waals surface area contributed by atoms with E-state index >= 15 is 0 Å². The maximum absolute atomic E-state index is 11.7. The number of ether oxygens (including phenoxy) is 1. The van der Waals surface area contributed by atoms with Crippen LogP contribution in [0.25, 0.3) is 0 Å². The number of hydrogen-bond acceptors (Lipinski definition) is 3. The first-order valence-electron chi connectivity index (χ1n) is 9.77. The molecule has 2 aliphatic rings. The van der Waals surface area contributed by atoms with Crippen LogP contribution in [0.4, 0.5) is 0 Å². The molecule has 0 amide bonds. The quantitative estimate of drug-likeness (QED) is 0.307. The molecule has 1 heterocycles. The van der Waals surface area contributed by atoms with Crippen LogP contribution in [-0.4, -0.2) is 50.6 Å². The molecule has 1 aliphatic carbocycles. The highest BCUT2D eigenvalue weighted by Crippen LogP contribution is 2.40. The summed E-state index contributed by atoms with van der Waals surface area (Å²) in [7, 11) is 3.32. The Kier molecular flexibility index (Phi) is 8.38. The highest BCUT2D eigenvalue weighted by atomic mass is 127. The van der Waals surface area contributed by atoms with Crippen molar-refractivity contribution in [3.05, 3.63) is 35.9 Å².